The molecule has 2 unspecified atom stereocenters. The van der Waals surface area contributed by atoms with Crippen LogP contribution in [0.5, 0.6) is 0 Å². The number of rotatable bonds is 5. The van der Waals surface area contributed by atoms with Crippen molar-refractivity contribution in [2.24, 2.45) is 0 Å². The molecule has 2 saturated heterocycles. The molecule has 1 amide bonds. The fourth-order valence-corrected chi connectivity index (χ4v) is 5.38. The van der Waals surface area contributed by atoms with Crippen LogP contribution in [-0.4, -0.2) is 68.8 Å². The van der Waals surface area contributed by atoms with E-state index in [2.05, 4.69) is 16.4 Å². The van der Waals surface area contributed by atoms with E-state index in [0.717, 1.165) is 11.3 Å². The highest BCUT2D eigenvalue weighted by Crippen LogP contribution is 2.39. The van der Waals surface area contributed by atoms with E-state index in [1.54, 1.807) is 29.8 Å². The quantitative estimate of drug-likeness (QED) is 0.448. The van der Waals surface area contributed by atoms with Crippen molar-refractivity contribution in [1.82, 2.24) is 19.7 Å². The molecule has 4 heterocycles. The number of aromatic amines is 1. The highest BCUT2D eigenvalue weighted by molar-refractivity contribution is 5.97. The van der Waals surface area contributed by atoms with Crippen LogP contribution in [0, 0.1) is 18.3 Å². The van der Waals surface area contributed by atoms with Gasteiger partial charge in [-0.15, -0.1) is 0 Å². The number of hydrogen-bond acceptors (Lipinski definition) is 7. The number of fused-ring (bicyclic) bond motifs is 1. The van der Waals surface area contributed by atoms with Gasteiger partial charge in [-0.2, -0.15) is 23.5 Å². The molecular weight excluding hydrogens is 517 g/mol. The molecule has 5 rings (SSSR count). The van der Waals surface area contributed by atoms with Crippen molar-refractivity contribution < 1.29 is 27.8 Å². The van der Waals surface area contributed by atoms with Crippen LogP contribution in [0.25, 0.3) is 10.9 Å². The molecule has 2 atom stereocenters. The van der Waals surface area contributed by atoms with Crippen molar-refractivity contribution in [3.05, 3.63) is 51.9 Å². The number of halogens is 3. The van der Waals surface area contributed by atoms with Gasteiger partial charge in [0.25, 0.3) is 11.5 Å². The molecule has 2 aromatic heterocycles. The standard InChI is InChI=1S/C26H27F3N6O4/c1-16-13-17(3-4-18(16)23(37)34-11-8-25(38,14-34)26(27,28)29)32-21-20-19(5-10-31-22(20)36)35(33-21)24(7-9-30)6-2-12-39-15-24/h3-5,10,13,38H,2,6-8,11-12,14-15H2,1H3,(H,31,36)(H,32,33). The first kappa shape index (κ1) is 26.7. The first-order chi connectivity index (χ1) is 18.5. The van der Waals surface area contributed by atoms with E-state index in [9.17, 15) is 33.1 Å². The molecule has 1 aromatic carbocycles. The minimum absolute atomic E-state index is 0.145. The molecule has 10 nitrogen and oxygen atoms in total. The Kier molecular flexibility index (Phi) is 6.64. The Morgan fingerprint density at radius 2 is 2.13 bits per heavy atom. The average Bonchev–Trinajstić information content (AvgIpc) is 3.47. The molecule has 39 heavy (non-hydrogen) atoms. The molecule has 2 aliphatic heterocycles. The molecule has 0 spiro atoms. The number of β-amino-alcohol motifs (C(OH)–C–C–N with tert-alkyl or cyclic N) is 1. The van der Waals surface area contributed by atoms with Gasteiger partial charge in [-0.3, -0.25) is 14.3 Å². The van der Waals surface area contributed by atoms with Crippen molar-refractivity contribution in [2.45, 2.75) is 49.9 Å². The molecule has 206 valence electrons. The van der Waals surface area contributed by atoms with Gasteiger partial charge in [-0.1, -0.05) is 0 Å². The maximum Gasteiger partial charge on any atom is 0.419 e. The maximum absolute atomic E-state index is 13.2. The molecule has 0 radical (unpaired) electrons. The number of likely N-dealkylation sites (tertiary alicyclic amines) is 1. The van der Waals surface area contributed by atoms with Gasteiger partial charge in [0.1, 0.15) is 5.39 Å². The second kappa shape index (κ2) is 9.69. The van der Waals surface area contributed by atoms with E-state index in [4.69, 9.17) is 9.84 Å². The summed E-state index contributed by atoms with van der Waals surface area (Å²) < 4.78 is 47.0. The van der Waals surface area contributed by atoms with Crippen molar-refractivity contribution in [2.75, 3.05) is 31.6 Å². The van der Waals surface area contributed by atoms with Gasteiger partial charge in [0.2, 0.25) is 0 Å². The molecule has 0 saturated carbocycles. The molecule has 2 fully saturated rings. The van der Waals surface area contributed by atoms with Crippen LogP contribution in [0.3, 0.4) is 0 Å². The number of benzene rings is 1. The Morgan fingerprint density at radius 1 is 1.33 bits per heavy atom. The molecule has 0 bridgehead atoms. The number of anilines is 2. The third kappa shape index (κ3) is 4.63. The summed E-state index contributed by atoms with van der Waals surface area (Å²) in [7, 11) is 0. The lowest BCUT2D eigenvalue weighted by molar-refractivity contribution is -0.253. The zero-order valence-electron chi connectivity index (χ0n) is 21.1. The van der Waals surface area contributed by atoms with Gasteiger partial charge in [0.15, 0.2) is 11.4 Å². The summed E-state index contributed by atoms with van der Waals surface area (Å²) in [6, 6.07) is 8.62. The number of nitriles is 1. The fraction of sp³-hybridized carbons (Fsp3) is 0.462. The van der Waals surface area contributed by atoms with E-state index in [1.165, 1.54) is 12.3 Å². The number of aliphatic hydroxyl groups is 1. The van der Waals surface area contributed by atoms with Gasteiger partial charge < -0.3 is 25.0 Å². The first-order valence-electron chi connectivity index (χ1n) is 12.5. The Morgan fingerprint density at radius 3 is 2.77 bits per heavy atom. The number of ether oxygens (including phenoxy) is 1. The van der Waals surface area contributed by atoms with Crippen LogP contribution >= 0.6 is 0 Å². The summed E-state index contributed by atoms with van der Waals surface area (Å²) in [5, 5.41) is 27.6. The number of carbonyl (C=O) groups excluding carboxylic acids is 1. The second-order valence-electron chi connectivity index (χ2n) is 10.2. The van der Waals surface area contributed by atoms with Crippen molar-refractivity contribution in [3.8, 4) is 6.07 Å². The van der Waals surface area contributed by atoms with Gasteiger partial charge in [0.05, 0.1) is 36.7 Å². The first-order valence-corrected chi connectivity index (χ1v) is 12.5. The molecule has 3 aromatic rings. The van der Waals surface area contributed by atoms with Gasteiger partial charge in [0, 0.05) is 37.0 Å². The monoisotopic (exact) mass is 544 g/mol. The number of carbonyl (C=O) groups is 1. The number of hydrogen-bond donors (Lipinski definition) is 3. The number of amides is 1. The zero-order valence-corrected chi connectivity index (χ0v) is 21.1. The lowest BCUT2D eigenvalue weighted by Gasteiger charge is -2.35. The normalized spacial score (nSPS) is 23.6. The Balaban J connectivity index is 1.45. The number of alkyl halides is 3. The Labute approximate surface area is 221 Å². The number of pyridine rings is 1. The third-order valence-electron chi connectivity index (χ3n) is 7.54. The molecule has 3 N–H and O–H groups in total. The number of nitrogens with one attached hydrogen (secondary N) is 2. The predicted molar refractivity (Wildman–Crippen MR) is 135 cm³/mol. The summed E-state index contributed by atoms with van der Waals surface area (Å²) in [5.41, 5.74) is -2.30. The minimum Gasteiger partial charge on any atom is -0.379 e. The molecule has 13 heteroatoms. The Hall–Kier alpha value is -3.89. The highest BCUT2D eigenvalue weighted by Gasteiger charge is 2.57. The fourth-order valence-electron chi connectivity index (χ4n) is 5.38. The van der Waals surface area contributed by atoms with Crippen LogP contribution in [0.4, 0.5) is 24.7 Å². The van der Waals surface area contributed by atoms with Crippen LogP contribution in [0.1, 0.15) is 41.6 Å². The average molecular weight is 545 g/mol. The molecule has 0 aliphatic carbocycles. The number of H-pyrrole nitrogens is 1. The van der Waals surface area contributed by atoms with Crippen molar-refractivity contribution >= 4 is 28.3 Å². The summed E-state index contributed by atoms with van der Waals surface area (Å²) >= 11 is 0. The lowest BCUT2D eigenvalue weighted by atomic mass is 9.89. The van der Waals surface area contributed by atoms with Crippen LogP contribution in [0.2, 0.25) is 0 Å². The van der Waals surface area contributed by atoms with E-state index in [-0.39, 0.29) is 36.5 Å². The smallest absolute Gasteiger partial charge is 0.379 e. The number of aryl methyl sites for hydroxylation is 1. The minimum atomic E-state index is -4.83. The van der Waals surface area contributed by atoms with Gasteiger partial charge in [-0.25, -0.2) is 0 Å². The number of nitrogens with zero attached hydrogens (tertiary/aromatic N) is 4. The topological polar surface area (TPSA) is 136 Å². The lowest BCUT2D eigenvalue weighted by Crippen LogP contribution is -2.48. The molecular formula is C26H27F3N6O4. The van der Waals surface area contributed by atoms with Crippen LogP contribution in [0.15, 0.2) is 35.3 Å². The van der Waals surface area contributed by atoms with E-state index >= 15 is 0 Å². The van der Waals surface area contributed by atoms with Gasteiger partial charge in [-0.05, 0) is 49.6 Å². The van der Waals surface area contributed by atoms with Crippen molar-refractivity contribution in [1.29, 1.82) is 5.26 Å². The number of aromatic nitrogens is 3. The van der Waals surface area contributed by atoms with Crippen LogP contribution < -0.4 is 10.9 Å². The zero-order chi connectivity index (χ0) is 28.0. The molecule has 2 aliphatic rings. The SMILES string of the molecule is Cc1cc(Nc2nn(C3(CC#N)CCCOC3)c3cc[nH]c(=O)c23)ccc1C(=O)N1CCC(O)(C(F)(F)F)C1. The predicted octanol–water partition coefficient (Wildman–Crippen LogP) is 3.34. The maximum atomic E-state index is 13.2. The van der Waals surface area contributed by atoms with Crippen molar-refractivity contribution in [3.63, 3.8) is 0 Å². The van der Waals surface area contributed by atoms with E-state index < -0.39 is 36.2 Å². The third-order valence-corrected chi connectivity index (χ3v) is 7.54. The summed E-state index contributed by atoms with van der Waals surface area (Å²) in [6.07, 6.45) is -2.36. The van der Waals surface area contributed by atoms with E-state index in [1.807, 2.05) is 0 Å². The van der Waals surface area contributed by atoms with E-state index in [0.29, 0.717) is 35.2 Å². The van der Waals surface area contributed by atoms with Crippen LogP contribution in [-0.2, 0) is 10.3 Å². The summed E-state index contributed by atoms with van der Waals surface area (Å²) in [4.78, 5) is 29.5. The highest BCUT2D eigenvalue weighted by atomic mass is 19.4. The summed E-state index contributed by atoms with van der Waals surface area (Å²) in [5.74, 6) is -0.357. The largest absolute Gasteiger partial charge is 0.419 e. The Bertz CT molecular complexity index is 1520. The van der Waals surface area contributed by atoms with Gasteiger partial charge >= 0.3 is 6.18 Å². The summed E-state index contributed by atoms with van der Waals surface area (Å²) in [6.45, 7) is 1.47. The second-order valence-corrected chi connectivity index (χ2v) is 10.2.